The predicted octanol–water partition coefficient (Wildman–Crippen LogP) is 3.85. The molecule has 2 aromatic heterocycles. The maximum Gasteiger partial charge on any atom is 0.163 e. The second-order valence-electron chi connectivity index (χ2n) is 5.29. The first-order valence-corrected chi connectivity index (χ1v) is 7.24. The number of aromatic nitrogens is 3. The van der Waals surface area contributed by atoms with Crippen molar-refractivity contribution in [3.63, 3.8) is 0 Å². The summed E-state index contributed by atoms with van der Waals surface area (Å²) < 4.78 is 2.02. The van der Waals surface area contributed by atoms with E-state index in [1.165, 1.54) is 17.7 Å². The van der Waals surface area contributed by atoms with E-state index in [2.05, 4.69) is 11.1 Å². The maximum atomic E-state index is 6.11. The highest BCUT2D eigenvalue weighted by Crippen LogP contribution is 2.31. The Kier molecular flexibility index (Phi) is 2.57. The molecule has 2 heterocycles. The van der Waals surface area contributed by atoms with E-state index in [0.29, 0.717) is 0 Å². The molecule has 3 nitrogen and oxygen atoms in total. The van der Waals surface area contributed by atoms with Crippen LogP contribution in [0.5, 0.6) is 0 Å². The highest BCUT2D eigenvalue weighted by molar-refractivity contribution is 6.30. The lowest BCUT2D eigenvalue weighted by atomic mass is 10.1. The number of nitrogens with zero attached hydrogens (tertiary/aromatic N) is 3. The van der Waals surface area contributed by atoms with Crippen molar-refractivity contribution < 1.29 is 0 Å². The van der Waals surface area contributed by atoms with Crippen molar-refractivity contribution in [3.05, 3.63) is 52.4 Å². The standard InChI is InChI=1S/C16H14ClN3/c1-10-15(11-4-2-6-13(17)8-11)16-18-9-12-5-3-7-14(12)20(16)19-10/h2,4,6,8-9H,3,5,7H2,1H3. The van der Waals surface area contributed by atoms with Gasteiger partial charge in [0, 0.05) is 22.5 Å². The molecule has 20 heavy (non-hydrogen) atoms. The van der Waals surface area contributed by atoms with Gasteiger partial charge in [0.25, 0.3) is 0 Å². The van der Waals surface area contributed by atoms with Gasteiger partial charge in [0.15, 0.2) is 5.65 Å². The van der Waals surface area contributed by atoms with Gasteiger partial charge in [0.1, 0.15) is 0 Å². The third-order valence-corrected chi connectivity index (χ3v) is 4.21. The Hall–Kier alpha value is -1.87. The largest absolute Gasteiger partial charge is 0.236 e. The van der Waals surface area contributed by atoms with Gasteiger partial charge < -0.3 is 0 Å². The van der Waals surface area contributed by atoms with E-state index in [9.17, 15) is 0 Å². The fourth-order valence-corrected chi connectivity index (χ4v) is 3.27. The Bertz CT molecular complexity index is 820. The van der Waals surface area contributed by atoms with Crippen molar-refractivity contribution in [3.8, 4) is 11.1 Å². The number of halogens is 1. The molecule has 0 bridgehead atoms. The van der Waals surface area contributed by atoms with Crippen LogP contribution in [0.3, 0.4) is 0 Å². The molecule has 4 rings (SSSR count). The summed E-state index contributed by atoms with van der Waals surface area (Å²) in [5, 5.41) is 5.44. The smallest absolute Gasteiger partial charge is 0.163 e. The zero-order valence-corrected chi connectivity index (χ0v) is 12.0. The van der Waals surface area contributed by atoms with Crippen LogP contribution in [0.15, 0.2) is 30.5 Å². The molecule has 0 saturated carbocycles. The molecule has 0 spiro atoms. The first kappa shape index (κ1) is 11.9. The Balaban J connectivity index is 2.03. The average Bonchev–Trinajstić information content (AvgIpc) is 3.01. The fourth-order valence-electron chi connectivity index (χ4n) is 3.08. The first-order valence-electron chi connectivity index (χ1n) is 6.86. The van der Waals surface area contributed by atoms with Crippen LogP contribution >= 0.6 is 11.6 Å². The van der Waals surface area contributed by atoms with Crippen molar-refractivity contribution in [2.24, 2.45) is 0 Å². The van der Waals surface area contributed by atoms with Crippen LogP contribution in [0.4, 0.5) is 0 Å². The molecule has 0 radical (unpaired) electrons. The third-order valence-electron chi connectivity index (χ3n) is 3.98. The molecule has 0 saturated heterocycles. The zero-order valence-electron chi connectivity index (χ0n) is 11.2. The second-order valence-corrected chi connectivity index (χ2v) is 5.73. The van der Waals surface area contributed by atoms with Crippen LogP contribution in [-0.4, -0.2) is 14.6 Å². The lowest BCUT2D eigenvalue weighted by Gasteiger charge is -2.04. The second kappa shape index (κ2) is 4.32. The number of hydrogen-bond donors (Lipinski definition) is 0. The van der Waals surface area contributed by atoms with Crippen molar-refractivity contribution in [1.82, 2.24) is 14.6 Å². The van der Waals surface area contributed by atoms with Crippen LogP contribution in [0.2, 0.25) is 5.02 Å². The van der Waals surface area contributed by atoms with E-state index < -0.39 is 0 Å². The predicted molar refractivity (Wildman–Crippen MR) is 80.2 cm³/mol. The molecule has 3 aromatic rings. The van der Waals surface area contributed by atoms with Crippen LogP contribution in [-0.2, 0) is 12.8 Å². The highest BCUT2D eigenvalue weighted by Gasteiger charge is 2.20. The van der Waals surface area contributed by atoms with Crippen LogP contribution in [0.1, 0.15) is 23.4 Å². The SMILES string of the molecule is Cc1nn2c3c(cnc2c1-c1cccc(Cl)c1)CCC3. The molecular weight excluding hydrogens is 270 g/mol. The van der Waals surface area contributed by atoms with Gasteiger partial charge in [-0.15, -0.1) is 0 Å². The molecule has 0 unspecified atom stereocenters. The average molecular weight is 284 g/mol. The normalized spacial score (nSPS) is 13.9. The highest BCUT2D eigenvalue weighted by atomic mass is 35.5. The zero-order chi connectivity index (χ0) is 13.7. The van der Waals surface area contributed by atoms with Gasteiger partial charge in [-0.2, -0.15) is 5.10 Å². The summed E-state index contributed by atoms with van der Waals surface area (Å²) in [6, 6.07) is 7.89. The minimum Gasteiger partial charge on any atom is -0.236 e. The molecule has 1 aliphatic rings. The van der Waals surface area contributed by atoms with Gasteiger partial charge in [0.05, 0.1) is 5.69 Å². The summed E-state index contributed by atoms with van der Waals surface area (Å²) in [6.45, 7) is 2.03. The molecule has 4 heteroatoms. The van der Waals surface area contributed by atoms with Crippen molar-refractivity contribution in [2.75, 3.05) is 0 Å². The molecule has 0 amide bonds. The number of fused-ring (bicyclic) bond motifs is 3. The van der Waals surface area contributed by atoms with Gasteiger partial charge in [0.2, 0.25) is 0 Å². The number of hydrogen-bond acceptors (Lipinski definition) is 2. The monoisotopic (exact) mass is 283 g/mol. The first-order chi connectivity index (χ1) is 9.74. The van der Waals surface area contributed by atoms with Gasteiger partial charge in [-0.25, -0.2) is 9.50 Å². The van der Waals surface area contributed by atoms with E-state index >= 15 is 0 Å². The summed E-state index contributed by atoms with van der Waals surface area (Å²) in [6.07, 6.45) is 5.41. The van der Waals surface area contributed by atoms with Gasteiger partial charge >= 0.3 is 0 Å². The van der Waals surface area contributed by atoms with Gasteiger partial charge in [-0.05, 0) is 49.4 Å². The van der Waals surface area contributed by atoms with Gasteiger partial charge in [-0.3, -0.25) is 0 Å². The maximum absolute atomic E-state index is 6.11. The Morgan fingerprint density at radius 3 is 3.00 bits per heavy atom. The minimum absolute atomic E-state index is 0.738. The summed E-state index contributed by atoms with van der Waals surface area (Å²) in [5.41, 5.74) is 6.74. The molecule has 1 aromatic carbocycles. The van der Waals surface area contributed by atoms with E-state index in [1.54, 1.807) is 0 Å². The Labute approximate surface area is 122 Å². The molecule has 100 valence electrons. The topological polar surface area (TPSA) is 30.2 Å². The summed E-state index contributed by atoms with van der Waals surface area (Å²) >= 11 is 6.11. The number of benzene rings is 1. The Morgan fingerprint density at radius 2 is 2.15 bits per heavy atom. The van der Waals surface area contributed by atoms with Crippen molar-refractivity contribution >= 4 is 17.2 Å². The van der Waals surface area contributed by atoms with Crippen molar-refractivity contribution in [1.29, 1.82) is 0 Å². The van der Waals surface area contributed by atoms with Crippen LogP contribution in [0, 0.1) is 6.92 Å². The fraction of sp³-hybridized carbons (Fsp3) is 0.250. The van der Waals surface area contributed by atoms with Crippen LogP contribution in [0.25, 0.3) is 16.8 Å². The molecular formula is C16H14ClN3. The third kappa shape index (κ3) is 1.66. The molecule has 0 N–H and O–H groups in total. The summed E-state index contributed by atoms with van der Waals surface area (Å²) in [5.74, 6) is 0. The van der Waals surface area contributed by atoms with E-state index in [4.69, 9.17) is 16.7 Å². The van der Waals surface area contributed by atoms with Crippen molar-refractivity contribution in [2.45, 2.75) is 26.2 Å². The quantitative estimate of drug-likeness (QED) is 0.679. The molecule has 0 atom stereocenters. The minimum atomic E-state index is 0.738. The molecule has 0 fully saturated rings. The van der Waals surface area contributed by atoms with Gasteiger partial charge in [-0.1, -0.05) is 23.7 Å². The van der Waals surface area contributed by atoms with E-state index in [-0.39, 0.29) is 0 Å². The number of aryl methyl sites for hydroxylation is 3. The summed E-state index contributed by atoms with van der Waals surface area (Å²) in [4.78, 5) is 4.64. The lowest BCUT2D eigenvalue weighted by Crippen LogP contribution is -1.99. The Morgan fingerprint density at radius 1 is 1.25 bits per heavy atom. The summed E-state index contributed by atoms with van der Waals surface area (Å²) in [7, 11) is 0. The van der Waals surface area contributed by atoms with E-state index in [0.717, 1.165) is 40.3 Å². The van der Waals surface area contributed by atoms with Crippen LogP contribution < -0.4 is 0 Å². The molecule has 1 aliphatic carbocycles. The molecule has 0 aliphatic heterocycles. The van der Waals surface area contributed by atoms with E-state index in [1.807, 2.05) is 35.8 Å². The number of rotatable bonds is 1. The lowest BCUT2D eigenvalue weighted by molar-refractivity contribution is 0.827.